The quantitative estimate of drug-likeness (QED) is 0.656. The van der Waals surface area contributed by atoms with Gasteiger partial charge < -0.3 is 10.1 Å². The number of anilines is 1. The van der Waals surface area contributed by atoms with Crippen molar-refractivity contribution in [2.45, 2.75) is 52.7 Å². The molecule has 1 aliphatic carbocycles. The Labute approximate surface area is 171 Å². The maximum atomic E-state index is 13.1. The summed E-state index contributed by atoms with van der Waals surface area (Å²) >= 11 is 0. The number of para-hydroxylation sites is 1. The van der Waals surface area contributed by atoms with E-state index in [2.05, 4.69) is 24.4 Å². The largest absolute Gasteiger partial charge is 0.374 e. The summed E-state index contributed by atoms with van der Waals surface area (Å²) in [5, 5.41) is 7.75. The standard InChI is InChI=1S/C24H27N3O2/c1-16(2)29-15-18-9-6-10-19(14-18)25-24(28)23-20-11-7-13-22(20)27(26-23)21-12-5-4-8-17(21)3/h4-6,8-10,12,14,16H,7,11,13,15H2,1-3H3,(H,25,28). The number of hydrogen-bond donors (Lipinski definition) is 1. The fraction of sp³-hybridized carbons (Fsp3) is 0.333. The van der Waals surface area contributed by atoms with Gasteiger partial charge in [-0.05, 0) is 69.4 Å². The monoisotopic (exact) mass is 389 g/mol. The van der Waals surface area contributed by atoms with E-state index in [1.807, 2.05) is 54.9 Å². The molecule has 0 aliphatic heterocycles. The van der Waals surface area contributed by atoms with Gasteiger partial charge >= 0.3 is 0 Å². The fourth-order valence-electron chi connectivity index (χ4n) is 3.81. The van der Waals surface area contributed by atoms with E-state index in [0.29, 0.717) is 12.3 Å². The molecule has 0 saturated heterocycles. The third-order valence-corrected chi connectivity index (χ3v) is 5.26. The average Bonchev–Trinajstić information content (AvgIpc) is 3.30. The molecule has 0 saturated carbocycles. The van der Waals surface area contributed by atoms with Crippen LogP contribution in [0.3, 0.4) is 0 Å². The Kier molecular flexibility index (Phi) is 5.49. The Morgan fingerprint density at radius 3 is 2.79 bits per heavy atom. The van der Waals surface area contributed by atoms with Crippen LogP contribution in [-0.4, -0.2) is 21.8 Å². The minimum absolute atomic E-state index is 0.155. The van der Waals surface area contributed by atoms with Crippen LogP contribution in [-0.2, 0) is 24.2 Å². The topological polar surface area (TPSA) is 56.2 Å². The number of aromatic nitrogens is 2. The molecule has 5 nitrogen and oxygen atoms in total. The van der Waals surface area contributed by atoms with Crippen molar-refractivity contribution >= 4 is 11.6 Å². The lowest BCUT2D eigenvalue weighted by Crippen LogP contribution is -2.15. The van der Waals surface area contributed by atoms with E-state index < -0.39 is 0 Å². The van der Waals surface area contributed by atoms with Crippen molar-refractivity contribution in [1.82, 2.24) is 9.78 Å². The van der Waals surface area contributed by atoms with E-state index in [-0.39, 0.29) is 12.0 Å². The highest BCUT2D eigenvalue weighted by Gasteiger charge is 2.27. The van der Waals surface area contributed by atoms with Crippen molar-refractivity contribution in [2.24, 2.45) is 0 Å². The SMILES string of the molecule is Cc1ccccc1-n1nc(C(=O)Nc2cccc(COC(C)C)c2)c2c1CCC2. The van der Waals surface area contributed by atoms with Gasteiger partial charge in [-0.25, -0.2) is 4.68 Å². The normalized spacial score (nSPS) is 13.0. The first-order valence-corrected chi connectivity index (χ1v) is 10.2. The molecule has 0 spiro atoms. The molecular weight excluding hydrogens is 362 g/mol. The summed E-state index contributed by atoms with van der Waals surface area (Å²) < 4.78 is 7.63. The molecule has 1 N–H and O–H groups in total. The molecule has 1 amide bonds. The van der Waals surface area contributed by atoms with Crippen LogP contribution >= 0.6 is 0 Å². The Balaban J connectivity index is 1.60. The van der Waals surface area contributed by atoms with Gasteiger partial charge in [-0.15, -0.1) is 0 Å². The smallest absolute Gasteiger partial charge is 0.276 e. The minimum Gasteiger partial charge on any atom is -0.374 e. The molecule has 0 unspecified atom stereocenters. The second-order valence-electron chi connectivity index (χ2n) is 7.84. The number of carbonyl (C=O) groups excluding carboxylic acids is 1. The number of aryl methyl sites for hydroxylation is 1. The fourth-order valence-corrected chi connectivity index (χ4v) is 3.81. The lowest BCUT2D eigenvalue weighted by atomic mass is 10.1. The number of rotatable bonds is 6. The Hall–Kier alpha value is -2.92. The molecule has 0 atom stereocenters. The number of carbonyl (C=O) groups is 1. The number of ether oxygens (including phenoxy) is 1. The predicted molar refractivity (Wildman–Crippen MR) is 115 cm³/mol. The molecule has 3 aromatic rings. The van der Waals surface area contributed by atoms with Crippen LogP contribution in [0.2, 0.25) is 0 Å². The number of nitrogens with zero attached hydrogens (tertiary/aromatic N) is 2. The molecule has 29 heavy (non-hydrogen) atoms. The van der Waals surface area contributed by atoms with E-state index in [4.69, 9.17) is 9.84 Å². The second kappa shape index (κ2) is 8.21. The number of fused-ring (bicyclic) bond motifs is 1. The zero-order chi connectivity index (χ0) is 20.4. The highest BCUT2D eigenvalue weighted by Crippen LogP contribution is 2.29. The summed E-state index contributed by atoms with van der Waals surface area (Å²) in [4.78, 5) is 13.1. The van der Waals surface area contributed by atoms with Crippen LogP contribution in [0.4, 0.5) is 5.69 Å². The summed E-state index contributed by atoms with van der Waals surface area (Å²) in [6, 6.07) is 16.0. The lowest BCUT2D eigenvalue weighted by Gasteiger charge is -2.10. The van der Waals surface area contributed by atoms with Crippen molar-refractivity contribution in [3.05, 3.63) is 76.6 Å². The van der Waals surface area contributed by atoms with Crippen LogP contribution in [0.5, 0.6) is 0 Å². The van der Waals surface area contributed by atoms with Gasteiger partial charge in [0.05, 0.1) is 18.4 Å². The van der Waals surface area contributed by atoms with Gasteiger partial charge in [0.2, 0.25) is 0 Å². The molecule has 1 heterocycles. The summed E-state index contributed by atoms with van der Waals surface area (Å²) in [5.41, 5.74) is 6.74. The van der Waals surface area contributed by atoms with E-state index in [9.17, 15) is 4.79 Å². The van der Waals surface area contributed by atoms with Crippen molar-refractivity contribution in [3.63, 3.8) is 0 Å². The summed E-state index contributed by atoms with van der Waals surface area (Å²) in [6.07, 6.45) is 3.07. The molecule has 1 aromatic heterocycles. The van der Waals surface area contributed by atoms with Crippen LogP contribution in [0.1, 0.15) is 53.1 Å². The zero-order valence-corrected chi connectivity index (χ0v) is 17.2. The molecule has 2 aromatic carbocycles. The van der Waals surface area contributed by atoms with Crippen molar-refractivity contribution in [2.75, 3.05) is 5.32 Å². The summed E-state index contributed by atoms with van der Waals surface area (Å²) in [6.45, 7) is 6.62. The van der Waals surface area contributed by atoms with Gasteiger partial charge in [-0.2, -0.15) is 5.10 Å². The minimum atomic E-state index is -0.155. The predicted octanol–water partition coefficient (Wildman–Crippen LogP) is 4.85. The first kappa shape index (κ1) is 19.4. The van der Waals surface area contributed by atoms with Gasteiger partial charge in [-0.1, -0.05) is 30.3 Å². The van der Waals surface area contributed by atoms with E-state index in [0.717, 1.165) is 53.0 Å². The van der Waals surface area contributed by atoms with E-state index in [1.54, 1.807) is 0 Å². The maximum absolute atomic E-state index is 13.1. The van der Waals surface area contributed by atoms with Gasteiger partial charge in [0.1, 0.15) is 0 Å². The van der Waals surface area contributed by atoms with Crippen LogP contribution in [0.25, 0.3) is 5.69 Å². The summed E-state index contributed by atoms with van der Waals surface area (Å²) in [5.74, 6) is -0.155. The van der Waals surface area contributed by atoms with Gasteiger partial charge in [0, 0.05) is 16.9 Å². The van der Waals surface area contributed by atoms with E-state index in [1.165, 1.54) is 0 Å². The maximum Gasteiger partial charge on any atom is 0.276 e. The average molecular weight is 389 g/mol. The van der Waals surface area contributed by atoms with Crippen LogP contribution < -0.4 is 5.32 Å². The number of hydrogen-bond acceptors (Lipinski definition) is 3. The van der Waals surface area contributed by atoms with Crippen LogP contribution in [0, 0.1) is 6.92 Å². The Morgan fingerprint density at radius 1 is 1.17 bits per heavy atom. The lowest BCUT2D eigenvalue weighted by molar-refractivity contribution is 0.0657. The third kappa shape index (κ3) is 4.10. The molecule has 5 heteroatoms. The number of amides is 1. The summed E-state index contributed by atoms with van der Waals surface area (Å²) in [7, 11) is 0. The van der Waals surface area contributed by atoms with Gasteiger partial charge in [-0.3, -0.25) is 4.79 Å². The third-order valence-electron chi connectivity index (χ3n) is 5.26. The second-order valence-corrected chi connectivity index (χ2v) is 7.84. The Morgan fingerprint density at radius 2 is 2.00 bits per heavy atom. The first-order valence-electron chi connectivity index (χ1n) is 10.2. The number of nitrogens with one attached hydrogen (secondary N) is 1. The van der Waals surface area contributed by atoms with E-state index >= 15 is 0 Å². The van der Waals surface area contributed by atoms with Crippen LogP contribution in [0.15, 0.2) is 48.5 Å². The van der Waals surface area contributed by atoms with Gasteiger partial charge in [0.25, 0.3) is 5.91 Å². The zero-order valence-electron chi connectivity index (χ0n) is 17.2. The van der Waals surface area contributed by atoms with Crippen molar-refractivity contribution in [3.8, 4) is 5.69 Å². The molecule has 150 valence electrons. The molecule has 1 aliphatic rings. The molecule has 4 rings (SSSR count). The van der Waals surface area contributed by atoms with Gasteiger partial charge in [0.15, 0.2) is 5.69 Å². The molecule has 0 fully saturated rings. The molecule has 0 radical (unpaired) electrons. The first-order chi connectivity index (χ1) is 14.0. The highest BCUT2D eigenvalue weighted by molar-refractivity contribution is 6.04. The molecular formula is C24H27N3O2. The Bertz CT molecular complexity index is 1040. The number of benzene rings is 2. The van der Waals surface area contributed by atoms with Crippen molar-refractivity contribution < 1.29 is 9.53 Å². The van der Waals surface area contributed by atoms with Crippen molar-refractivity contribution in [1.29, 1.82) is 0 Å². The highest BCUT2D eigenvalue weighted by atomic mass is 16.5. The molecule has 0 bridgehead atoms.